The van der Waals surface area contributed by atoms with E-state index in [1.54, 1.807) is 44.4 Å². The van der Waals surface area contributed by atoms with Gasteiger partial charge in [-0.1, -0.05) is 44.2 Å². The summed E-state index contributed by atoms with van der Waals surface area (Å²) in [6, 6.07) is 13.9. The van der Waals surface area contributed by atoms with E-state index in [1.165, 1.54) is 30.3 Å². The number of aliphatic hydroxyl groups is 1. The number of aryl methyl sites for hydroxylation is 1. The van der Waals surface area contributed by atoms with Crippen LogP contribution < -0.4 is 9.64 Å². The van der Waals surface area contributed by atoms with Crippen molar-refractivity contribution in [3.63, 3.8) is 0 Å². The molecule has 1 heterocycles. The van der Waals surface area contributed by atoms with Crippen LogP contribution in [0.15, 0.2) is 66.2 Å². The summed E-state index contributed by atoms with van der Waals surface area (Å²) in [6.45, 7) is 5.68. The molecule has 3 aromatic carbocycles. The molecule has 0 aliphatic carbocycles. The second-order valence-electron chi connectivity index (χ2n) is 8.74. The molecule has 1 unspecified atom stereocenters. The Balaban J connectivity index is 2.03. The van der Waals surface area contributed by atoms with Crippen molar-refractivity contribution in [2.24, 2.45) is 0 Å². The lowest BCUT2D eigenvalue weighted by atomic mass is 9.90. The third-order valence-corrected chi connectivity index (χ3v) is 6.24. The van der Waals surface area contributed by atoms with Gasteiger partial charge in [0.1, 0.15) is 23.1 Å². The molecule has 0 saturated carbocycles. The van der Waals surface area contributed by atoms with Crippen molar-refractivity contribution in [1.29, 1.82) is 0 Å². The fraction of sp³-hybridized carbons (Fsp3) is 0.214. The summed E-state index contributed by atoms with van der Waals surface area (Å²) in [7, 11) is 1.55. The molecule has 1 fully saturated rings. The summed E-state index contributed by atoms with van der Waals surface area (Å²) in [4.78, 5) is 27.6. The van der Waals surface area contributed by atoms with Crippen molar-refractivity contribution >= 4 is 23.1 Å². The number of hydrogen-bond donors (Lipinski definition) is 2. The van der Waals surface area contributed by atoms with Gasteiger partial charge in [-0.2, -0.15) is 0 Å². The van der Waals surface area contributed by atoms with Crippen molar-refractivity contribution in [2.45, 2.75) is 32.7 Å². The first-order valence-electron chi connectivity index (χ1n) is 11.2. The number of carbonyl (C=O) groups is 2. The number of anilines is 1. The Kier molecular flexibility index (Phi) is 6.35. The van der Waals surface area contributed by atoms with Crippen LogP contribution in [0.25, 0.3) is 5.76 Å². The van der Waals surface area contributed by atoms with Crippen molar-refractivity contribution in [1.82, 2.24) is 0 Å². The number of nitrogens with zero attached hydrogens (tertiary/aromatic N) is 1. The van der Waals surface area contributed by atoms with Gasteiger partial charge >= 0.3 is 0 Å². The first kappa shape index (κ1) is 24.0. The van der Waals surface area contributed by atoms with E-state index < -0.39 is 29.3 Å². The molecule has 1 saturated heterocycles. The molecule has 180 valence electrons. The Bertz CT molecular complexity index is 1360. The van der Waals surface area contributed by atoms with Crippen LogP contribution in [0.5, 0.6) is 11.5 Å². The second-order valence-corrected chi connectivity index (χ2v) is 8.74. The molecule has 1 atom stereocenters. The van der Waals surface area contributed by atoms with Gasteiger partial charge in [0.15, 0.2) is 0 Å². The molecule has 4 rings (SSSR count). The number of aromatic hydroxyl groups is 1. The summed E-state index contributed by atoms with van der Waals surface area (Å²) < 4.78 is 20.5. The molecule has 0 radical (unpaired) electrons. The van der Waals surface area contributed by atoms with Gasteiger partial charge < -0.3 is 14.9 Å². The maximum Gasteiger partial charge on any atom is 0.300 e. The predicted octanol–water partition coefficient (Wildman–Crippen LogP) is 5.60. The van der Waals surface area contributed by atoms with Crippen LogP contribution in [0.2, 0.25) is 0 Å². The van der Waals surface area contributed by atoms with Gasteiger partial charge in [-0.3, -0.25) is 14.5 Å². The lowest BCUT2D eigenvalue weighted by Gasteiger charge is -2.26. The smallest absolute Gasteiger partial charge is 0.300 e. The molecule has 0 aromatic heterocycles. The minimum atomic E-state index is -1.28. The van der Waals surface area contributed by atoms with Gasteiger partial charge in [0.05, 0.1) is 24.4 Å². The fourth-order valence-electron chi connectivity index (χ4n) is 4.47. The molecule has 3 aromatic rings. The number of ether oxygens (including phenoxy) is 1. The first-order valence-corrected chi connectivity index (χ1v) is 11.2. The fourth-order valence-corrected chi connectivity index (χ4v) is 4.47. The zero-order chi connectivity index (χ0) is 25.4. The average Bonchev–Trinajstić information content (AvgIpc) is 3.09. The van der Waals surface area contributed by atoms with Crippen LogP contribution in [0, 0.1) is 12.7 Å². The molecular formula is C28H26FNO5. The highest BCUT2D eigenvalue weighted by Crippen LogP contribution is 2.46. The number of amides is 1. The molecule has 1 amide bonds. The zero-order valence-electron chi connectivity index (χ0n) is 19.9. The number of benzene rings is 3. The quantitative estimate of drug-likeness (QED) is 0.285. The number of halogens is 1. The topological polar surface area (TPSA) is 87.1 Å². The van der Waals surface area contributed by atoms with E-state index in [9.17, 15) is 19.8 Å². The van der Waals surface area contributed by atoms with Gasteiger partial charge in [0.25, 0.3) is 11.7 Å². The SMILES string of the molecule is COc1cc(C)c(/C(O)=C2\C(=O)C(=O)N(c3ccccc3O)C2c2ccccc2F)cc1C(C)C. The first-order chi connectivity index (χ1) is 16.7. The van der Waals surface area contributed by atoms with Crippen LogP contribution in [0.3, 0.4) is 0 Å². The summed E-state index contributed by atoms with van der Waals surface area (Å²) in [5, 5.41) is 21.9. The van der Waals surface area contributed by atoms with Crippen molar-refractivity contribution in [2.75, 3.05) is 12.0 Å². The van der Waals surface area contributed by atoms with Crippen molar-refractivity contribution in [3.05, 3.63) is 94.3 Å². The predicted molar refractivity (Wildman–Crippen MR) is 131 cm³/mol. The minimum absolute atomic E-state index is 0.0201. The highest BCUT2D eigenvalue weighted by Gasteiger charge is 2.48. The van der Waals surface area contributed by atoms with Crippen LogP contribution in [0.1, 0.15) is 48.1 Å². The molecule has 2 N–H and O–H groups in total. The number of ketones is 1. The largest absolute Gasteiger partial charge is 0.507 e. The number of Topliss-reactive ketones (excluding diaryl/α,β-unsaturated/α-hetero) is 1. The maximum absolute atomic E-state index is 15.0. The Morgan fingerprint density at radius 2 is 1.71 bits per heavy atom. The molecule has 0 spiro atoms. The van der Waals surface area contributed by atoms with E-state index in [4.69, 9.17) is 4.74 Å². The molecule has 6 nitrogen and oxygen atoms in total. The van der Waals surface area contributed by atoms with E-state index in [-0.39, 0.29) is 28.5 Å². The van der Waals surface area contributed by atoms with E-state index in [0.717, 1.165) is 10.5 Å². The van der Waals surface area contributed by atoms with Crippen molar-refractivity contribution in [3.8, 4) is 11.5 Å². The van der Waals surface area contributed by atoms with E-state index in [0.29, 0.717) is 16.9 Å². The number of carbonyl (C=O) groups excluding carboxylic acids is 2. The number of rotatable bonds is 5. The normalized spacial score (nSPS) is 17.3. The molecule has 0 bridgehead atoms. The molecule has 1 aliphatic heterocycles. The second kappa shape index (κ2) is 9.25. The Morgan fingerprint density at radius 1 is 1.06 bits per heavy atom. The van der Waals surface area contributed by atoms with Gasteiger partial charge in [-0.25, -0.2) is 4.39 Å². The number of phenolic OH excluding ortho intramolecular Hbond substituents is 1. The van der Waals surface area contributed by atoms with Crippen LogP contribution in [-0.4, -0.2) is 29.0 Å². The van der Waals surface area contributed by atoms with E-state index >= 15 is 4.39 Å². The number of phenols is 1. The summed E-state index contributed by atoms with van der Waals surface area (Å²) in [5.41, 5.74) is 1.56. The van der Waals surface area contributed by atoms with E-state index in [2.05, 4.69) is 0 Å². The van der Waals surface area contributed by atoms with Gasteiger partial charge in [0, 0.05) is 11.1 Å². The Hall–Kier alpha value is -4.13. The third kappa shape index (κ3) is 4.03. The zero-order valence-corrected chi connectivity index (χ0v) is 19.9. The lowest BCUT2D eigenvalue weighted by molar-refractivity contribution is -0.132. The number of hydrogen-bond acceptors (Lipinski definition) is 5. The van der Waals surface area contributed by atoms with E-state index in [1.807, 2.05) is 13.8 Å². The molecule has 7 heteroatoms. The van der Waals surface area contributed by atoms with Crippen LogP contribution in [-0.2, 0) is 9.59 Å². The number of methoxy groups -OCH3 is 1. The van der Waals surface area contributed by atoms with Gasteiger partial charge in [-0.05, 0) is 54.3 Å². The van der Waals surface area contributed by atoms with Crippen LogP contribution >= 0.6 is 0 Å². The van der Waals surface area contributed by atoms with Crippen LogP contribution in [0.4, 0.5) is 10.1 Å². The lowest BCUT2D eigenvalue weighted by Crippen LogP contribution is -2.29. The minimum Gasteiger partial charge on any atom is -0.507 e. The molecule has 35 heavy (non-hydrogen) atoms. The van der Waals surface area contributed by atoms with Gasteiger partial charge in [-0.15, -0.1) is 0 Å². The Labute approximate surface area is 202 Å². The summed E-state index contributed by atoms with van der Waals surface area (Å²) in [6.07, 6.45) is 0. The highest BCUT2D eigenvalue weighted by atomic mass is 19.1. The number of para-hydroxylation sites is 2. The average molecular weight is 476 g/mol. The standard InChI is InChI=1S/C28H26FNO5/c1-15(2)18-14-19(16(3)13-23(18)35-4)26(32)24-25(17-9-5-6-10-20(17)29)30(28(34)27(24)33)21-11-7-8-12-22(21)31/h5-15,25,31-32H,1-4H3/b26-24+. The summed E-state index contributed by atoms with van der Waals surface area (Å²) in [5.74, 6) is -2.59. The third-order valence-electron chi connectivity index (χ3n) is 6.24. The highest BCUT2D eigenvalue weighted by molar-refractivity contribution is 6.52. The van der Waals surface area contributed by atoms with Crippen molar-refractivity contribution < 1.29 is 28.9 Å². The number of aliphatic hydroxyl groups excluding tert-OH is 1. The Morgan fingerprint density at radius 3 is 2.34 bits per heavy atom. The molecule has 1 aliphatic rings. The maximum atomic E-state index is 15.0. The molecular weight excluding hydrogens is 449 g/mol. The van der Waals surface area contributed by atoms with Gasteiger partial charge in [0.2, 0.25) is 0 Å². The monoisotopic (exact) mass is 475 g/mol. The summed E-state index contributed by atoms with van der Waals surface area (Å²) >= 11 is 0.